The van der Waals surface area contributed by atoms with Crippen LogP contribution in [0.25, 0.3) is 6.08 Å². The minimum Gasteiger partial charge on any atom is -0.505 e. The van der Waals surface area contributed by atoms with Crippen LogP contribution in [0, 0.1) is 6.92 Å². The smallest absolute Gasteiger partial charge is 0.330 e. The van der Waals surface area contributed by atoms with Crippen molar-refractivity contribution >= 4 is 12.0 Å². The molecule has 0 unspecified atom stereocenters. The van der Waals surface area contributed by atoms with Gasteiger partial charge in [-0.3, -0.25) is 4.98 Å². The number of hydrogen-bond donors (Lipinski definition) is 2. The van der Waals surface area contributed by atoms with Gasteiger partial charge in [0.25, 0.3) is 0 Å². The fourth-order valence-corrected chi connectivity index (χ4v) is 1.31. The van der Waals surface area contributed by atoms with Crippen LogP contribution in [-0.2, 0) is 16.1 Å². The van der Waals surface area contributed by atoms with Crippen LogP contribution in [0.4, 0.5) is 0 Å². The van der Waals surface area contributed by atoms with Crippen molar-refractivity contribution in [1.29, 1.82) is 0 Å². The van der Waals surface area contributed by atoms with Crippen molar-refractivity contribution in [3.8, 4) is 5.75 Å². The van der Waals surface area contributed by atoms with E-state index in [1.807, 2.05) is 0 Å². The van der Waals surface area contributed by atoms with E-state index in [1.165, 1.54) is 18.3 Å². The molecule has 0 saturated heterocycles. The second kappa shape index (κ2) is 6.00. The van der Waals surface area contributed by atoms with Crippen molar-refractivity contribution in [1.82, 2.24) is 4.98 Å². The molecule has 0 fully saturated rings. The second-order valence-corrected chi connectivity index (χ2v) is 3.37. The van der Waals surface area contributed by atoms with Crippen LogP contribution < -0.4 is 0 Å². The standard InChI is InChI=1S/C12H15NO4/c1-3-17-11(15)5-4-10-9(7-14)6-13-8(2)12(10)16/h4-6,14,16H,3,7H2,1-2H3. The van der Waals surface area contributed by atoms with Crippen molar-refractivity contribution in [2.24, 2.45) is 0 Å². The van der Waals surface area contributed by atoms with E-state index in [0.717, 1.165) is 0 Å². The summed E-state index contributed by atoms with van der Waals surface area (Å²) in [7, 11) is 0. The van der Waals surface area contributed by atoms with Gasteiger partial charge in [-0.15, -0.1) is 0 Å². The summed E-state index contributed by atoms with van der Waals surface area (Å²) in [6.07, 6.45) is 4.07. The van der Waals surface area contributed by atoms with Gasteiger partial charge >= 0.3 is 5.97 Å². The van der Waals surface area contributed by atoms with E-state index in [-0.39, 0.29) is 19.0 Å². The number of esters is 1. The summed E-state index contributed by atoms with van der Waals surface area (Å²) in [6.45, 7) is 3.37. The number of ether oxygens (including phenoxy) is 1. The van der Waals surface area contributed by atoms with Gasteiger partial charge in [0.15, 0.2) is 0 Å². The number of aryl methyl sites for hydroxylation is 1. The second-order valence-electron chi connectivity index (χ2n) is 3.37. The molecule has 1 aromatic rings. The van der Waals surface area contributed by atoms with Crippen LogP contribution in [-0.4, -0.2) is 27.8 Å². The number of aromatic hydroxyl groups is 1. The first-order valence-electron chi connectivity index (χ1n) is 5.23. The number of carbonyl (C=O) groups is 1. The Morgan fingerprint density at radius 2 is 2.29 bits per heavy atom. The average Bonchev–Trinajstić information content (AvgIpc) is 2.31. The fraction of sp³-hybridized carbons (Fsp3) is 0.333. The molecule has 1 heterocycles. The van der Waals surface area contributed by atoms with Gasteiger partial charge in [-0.05, 0) is 19.9 Å². The maximum Gasteiger partial charge on any atom is 0.330 e. The Morgan fingerprint density at radius 3 is 2.88 bits per heavy atom. The van der Waals surface area contributed by atoms with Gasteiger partial charge in [0.05, 0.1) is 18.9 Å². The summed E-state index contributed by atoms with van der Waals surface area (Å²) >= 11 is 0. The summed E-state index contributed by atoms with van der Waals surface area (Å²) in [4.78, 5) is 15.1. The third-order valence-electron chi connectivity index (χ3n) is 2.20. The highest BCUT2D eigenvalue weighted by atomic mass is 16.5. The number of pyridine rings is 1. The Hall–Kier alpha value is -1.88. The molecule has 5 heteroatoms. The van der Waals surface area contributed by atoms with E-state index in [4.69, 9.17) is 9.84 Å². The molecule has 0 saturated carbocycles. The fourth-order valence-electron chi connectivity index (χ4n) is 1.31. The molecule has 0 aromatic carbocycles. The minimum atomic E-state index is -0.495. The zero-order chi connectivity index (χ0) is 12.8. The summed E-state index contributed by atoms with van der Waals surface area (Å²) in [5.41, 5.74) is 1.27. The lowest BCUT2D eigenvalue weighted by Gasteiger charge is -2.07. The molecule has 0 aliphatic heterocycles. The van der Waals surface area contributed by atoms with Gasteiger partial charge < -0.3 is 14.9 Å². The quantitative estimate of drug-likeness (QED) is 0.607. The van der Waals surface area contributed by atoms with Gasteiger partial charge in [0.1, 0.15) is 5.75 Å². The lowest BCUT2D eigenvalue weighted by Crippen LogP contribution is -2.00. The SMILES string of the molecule is CCOC(=O)C=Cc1c(CO)cnc(C)c1O. The topological polar surface area (TPSA) is 79.7 Å². The number of aliphatic hydroxyl groups is 1. The van der Waals surface area contributed by atoms with Gasteiger partial charge in [-0.1, -0.05) is 0 Å². The Morgan fingerprint density at radius 1 is 1.59 bits per heavy atom. The van der Waals surface area contributed by atoms with Crippen LogP contribution in [0.5, 0.6) is 5.75 Å². The Bertz CT molecular complexity index is 440. The zero-order valence-electron chi connectivity index (χ0n) is 9.80. The van der Waals surface area contributed by atoms with E-state index in [2.05, 4.69) is 4.98 Å². The Labute approximate surface area is 99.4 Å². The lowest BCUT2D eigenvalue weighted by atomic mass is 10.1. The number of carbonyl (C=O) groups excluding carboxylic acids is 1. The molecule has 0 spiro atoms. The monoisotopic (exact) mass is 237 g/mol. The van der Waals surface area contributed by atoms with Crippen LogP contribution in [0.15, 0.2) is 12.3 Å². The van der Waals surface area contributed by atoms with Gasteiger partial charge in [-0.25, -0.2) is 4.79 Å². The Balaban J connectivity index is 3.04. The van der Waals surface area contributed by atoms with Gasteiger partial charge in [-0.2, -0.15) is 0 Å². The summed E-state index contributed by atoms with van der Waals surface area (Å²) in [5, 5.41) is 18.9. The van der Waals surface area contributed by atoms with Crippen LogP contribution in [0.2, 0.25) is 0 Å². The molecule has 17 heavy (non-hydrogen) atoms. The maximum atomic E-state index is 11.1. The Kier molecular flexibility index (Phi) is 4.66. The van der Waals surface area contributed by atoms with Gasteiger partial charge in [0, 0.05) is 23.4 Å². The predicted octanol–water partition coefficient (Wildman–Crippen LogP) is 1.16. The molecule has 1 rings (SSSR count). The first-order valence-corrected chi connectivity index (χ1v) is 5.23. The normalized spacial score (nSPS) is 10.8. The maximum absolute atomic E-state index is 11.1. The molecule has 1 aromatic heterocycles. The van der Waals surface area contributed by atoms with E-state index in [0.29, 0.717) is 16.8 Å². The molecular weight excluding hydrogens is 222 g/mol. The number of hydrogen-bond acceptors (Lipinski definition) is 5. The van der Waals surface area contributed by atoms with Crippen LogP contribution >= 0.6 is 0 Å². The molecule has 5 nitrogen and oxygen atoms in total. The highest BCUT2D eigenvalue weighted by Crippen LogP contribution is 2.25. The van der Waals surface area contributed by atoms with Crippen molar-refractivity contribution in [2.45, 2.75) is 20.5 Å². The van der Waals surface area contributed by atoms with Gasteiger partial charge in [0.2, 0.25) is 0 Å². The molecule has 0 radical (unpaired) electrons. The number of aliphatic hydroxyl groups excluding tert-OH is 1. The molecular formula is C12H15NO4. The molecule has 0 amide bonds. The largest absolute Gasteiger partial charge is 0.505 e. The first-order chi connectivity index (χ1) is 8.10. The number of aromatic nitrogens is 1. The lowest BCUT2D eigenvalue weighted by molar-refractivity contribution is -0.137. The highest BCUT2D eigenvalue weighted by Gasteiger charge is 2.09. The zero-order valence-corrected chi connectivity index (χ0v) is 9.80. The molecule has 0 atom stereocenters. The molecule has 2 N–H and O–H groups in total. The van der Waals surface area contributed by atoms with E-state index >= 15 is 0 Å². The van der Waals surface area contributed by atoms with Crippen molar-refractivity contribution in [3.05, 3.63) is 29.1 Å². The molecule has 0 aliphatic carbocycles. The minimum absolute atomic E-state index is 0.0444. The molecule has 92 valence electrons. The highest BCUT2D eigenvalue weighted by molar-refractivity contribution is 5.88. The number of rotatable bonds is 4. The summed E-state index contributed by atoms with van der Waals surface area (Å²) < 4.78 is 4.72. The van der Waals surface area contributed by atoms with E-state index in [9.17, 15) is 9.90 Å². The average molecular weight is 237 g/mol. The van der Waals surface area contributed by atoms with Crippen molar-refractivity contribution in [2.75, 3.05) is 6.61 Å². The summed E-state index contributed by atoms with van der Waals surface area (Å²) in [5.74, 6) is -0.539. The van der Waals surface area contributed by atoms with Crippen LogP contribution in [0.1, 0.15) is 23.7 Å². The van der Waals surface area contributed by atoms with E-state index < -0.39 is 5.97 Å². The predicted molar refractivity (Wildman–Crippen MR) is 62.2 cm³/mol. The van der Waals surface area contributed by atoms with E-state index in [1.54, 1.807) is 13.8 Å². The summed E-state index contributed by atoms with van der Waals surface area (Å²) in [6, 6.07) is 0. The van der Waals surface area contributed by atoms with Crippen molar-refractivity contribution in [3.63, 3.8) is 0 Å². The first kappa shape index (κ1) is 13.2. The van der Waals surface area contributed by atoms with Crippen molar-refractivity contribution < 1.29 is 19.7 Å². The van der Waals surface area contributed by atoms with Crippen LogP contribution in [0.3, 0.4) is 0 Å². The molecule has 0 bridgehead atoms. The third-order valence-corrected chi connectivity index (χ3v) is 2.20. The third kappa shape index (κ3) is 3.29. The number of nitrogens with zero attached hydrogens (tertiary/aromatic N) is 1. The molecule has 0 aliphatic rings.